The second kappa shape index (κ2) is 7.59. The number of carboxylic acid groups (broad SMARTS) is 1. The van der Waals surface area contributed by atoms with Crippen LogP contribution in [0.4, 0.5) is 0 Å². The second-order valence-corrected chi connectivity index (χ2v) is 5.29. The Morgan fingerprint density at radius 3 is 2.48 bits per heavy atom. The molecule has 0 spiro atoms. The number of para-hydroxylation sites is 2. The van der Waals surface area contributed by atoms with E-state index in [9.17, 15) is 4.79 Å². The summed E-state index contributed by atoms with van der Waals surface area (Å²) in [5.74, 6) is 0.941. The summed E-state index contributed by atoms with van der Waals surface area (Å²) in [6, 6.07) is 14.4. The second-order valence-electron chi connectivity index (χ2n) is 4.15. The largest absolute Gasteiger partial charge is 0.496 e. The Morgan fingerprint density at radius 1 is 1.10 bits per heavy atom. The molecular weight excluding hydrogens is 288 g/mol. The molecule has 0 saturated carbocycles. The number of aromatic carboxylic acids is 1. The molecule has 0 radical (unpaired) electrons. The average Bonchev–Trinajstić information content (AvgIpc) is 2.52. The molecule has 0 atom stereocenters. The molecular formula is C16H16O4S. The minimum Gasteiger partial charge on any atom is -0.496 e. The van der Waals surface area contributed by atoms with Crippen molar-refractivity contribution in [3.05, 3.63) is 54.1 Å². The molecule has 2 rings (SSSR count). The molecule has 2 aromatic rings. The molecule has 0 saturated heterocycles. The fourth-order valence-electron chi connectivity index (χ4n) is 1.81. The van der Waals surface area contributed by atoms with Gasteiger partial charge in [-0.1, -0.05) is 24.3 Å². The van der Waals surface area contributed by atoms with E-state index in [1.807, 2.05) is 24.3 Å². The predicted molar refractivity (Wildman–Crippen MR) is 82.6 cm³/mol. The third-order valence-electron chi connectivity index (χ3n) is 2.79. The summed E-state index contributed by atoms with van der Waals surface area (Å²) in [6.45, 7) is 0.424. The third kappa shape index (κ3) is 4.16. The lowest BCUT2D eigenvalue weighted by molar-refractivity contribution is 0.0692. The molecule has 0 aliphatic carbocycles. The molecule has 21 heavy (non-hydrogen) atoms. The Hall–Kier alpha value is -2.14. The van der Waals surface area contributed by atoms with Gasteiger partial charge in [0.15, 0.2) is 0 Å². The minimum absolute atomic E-state index is 0.180. The maximum Gasteiger partial charge on any atom is 0.339 e. The highest BCUT2D eigenvalue weighted by Crippen LogP contribution is 2.28. The summed E-state index contributed by atoms with van der Waals surface area (Å²) in [4.78, 5) is 12.1. The van der Waals surface area contributed by atoms with Crippen LogP contribution >= 0.6 is 11.8 Å². The van der Waals surface area contributed by atoms with E-state index in [2.05, 4.69) is 0 Å². The first-order valence-electron chi connectivity index (χ1n) is 6.43. The lowest BCUT2D eigenvalue weighted by atomic mass is 10.2. The van der Waals surface area contributed by atoms with Crippen LogP contribution in [0.1, 0.15) is 10.4 Å². The van der Waals surface area contributed by atoms with Gasteiger partial charge in [-0.2, -0.15) is 0 Å². The monoisotopic (exact) mass is 304 g/mol. The van der Waals surface area contributed by atoms with Crippen molar-refractivity contribution >= 4 is 17.7 Å². The minimum atomic E-state index is -0.983. The van der Waals surface area contributed by atoms with Crippen molar-refractivity contribution in [2.75, 3.05) is 19.5 Å². The fraction of sp³-hybridized carbons (Fsp3) is 0.188. The van der Waals surface area contributed by atoms with Crippen LogP contribution < -0.4 is 9.47 Å². The number of carboxylic acids is 1. The van der Waals surface area contributed by atoms with E-state index in [0.717, 1.165) is 10.6 Å². The lowest BCUT2D eigenvalue weighted by Crippen LogP contribution is -2.05. The number of carbonyl (C=O) groups is 1. The average molecular weight is 304 g/mol. The molecule has 0 aromatic heterocycles. The molecule has 0 unspecified atom stereocenters. The van der Waals surface area contributed by atoms with Crippen LogP contribution in [0.2, 0.25) is 0 Å². The Morgan fingerprint density at radius 2 is 1.76 bits per heavy atom. The van der Waals surface area contributed by atoms with Gasteiger partial charge >= 0.3 is 5.97 Å². The standard InChI is InChI=1S/C16H16O4S/c1-19-14-8-4-5-9-15(14)21-11-10-20-13-7-3-2-6-12(13)16(17)18/h2-9H,10-11H2,1H3,(H,17,18). The maximum atomic E-state index is 11.1. The summed E-state index contributed by atoms with van der Waals surface area (Å²) < 4.78 is 10.8. The van der Waals surface area contributed by atoms with Gasteiger partial charge in [0.1, 0.15) is 17.1 Å². The van der Waals surface area contributed by atoms with Crippen molar-refractivity contribution in [2.24, 2.45) is 0 Å². The summed E-state index contributed by atoms with van der Waals surface area (Å²) in [5, 5.41) is 9.07. The van der Waals surface area contributed by atoms with Gasteiger partial charge in [0.2, 0.25) is 0 Å². The number of ether oxygens (including phenoxy) is 2. The van der Waals surface area contributed by atoms with Crippen LogP contribution in [0.15, 0.2) is 53.4 Å². The quantitative estimate of drug-likeness (QED) is 0.626. The Balaban J connectivity index is 1.89. The molecule has 5 heteroatoms. The van der Waals surface area contributed by atoms with Crippen LogP contribution in [0.5, 0.6) is 11.5 Å². The number of thioether (sulfide) groups is 1. The van der Waals surface area contributed by atoms with Crippen LogP contribution in [-0.4, -0.2) is 30.5 Å². The molecule has 2 aromatic carbocycles. The van der Waals surface area contributed by atoms with Crippen LogP contribution in [-0.2, 0) is 0 Å². The van der Waals surface area contributed by atoms with Crippen molar-refractivity contribution in [2.45, 2.75) is 4.90 Å². The van der Waals surface area contributed by atoms with Crippen LogP contribution in [0.3, 0.4) is 0 Å². The topological polar surface area (TPSA) is 55.8 Å². The SMILES string of the molecule is COc1ccccc1SCCOc1ccccc1C(=O)O. The molecule has 0 aliphatic heterocycles. The summed E-state index contributed by atoms with van der Waals surface area (Å²) in [5.41, 5.74) is 0.180. The van der Waals surface area contributed by atoms with Gasteiger partial charge < -0.3 is 14.6 Å². The zero-order valence-electron chi connectivity index (χ0n) is 11.6. The van der Waals surface area contributed by atoms with E-state index in [0.29, 0.717) is 18.1 Å². The molecule has 0 amide bonds. The smallest absolute Gasteiger partial charge is 0.339 e. The van der Waals surface area contributed by atoms with E-state index >= 15 is 0 Å². The Kier molecular flexibility index (Phi) is 5.51. The molecule has 1 N–H and O–H groups in total. The third-order valence-corrected chi connectivity index (χ3v) is 3.80. The summed E-state index contributed by atoms with van der Waals surface area (Å²) in [7, 11) is 1.64. The molecule has 4 nitrogen and oxygen atoms in total. The zero-order valence-corrected chi connectivity index (χ0v) is 12.4. The van der Waals surface area contributed by atoms with Crippen LogP contribution in [0.25, 0.3) is 0 Å². The molecule has 110 valence electrons. The van der Waals surface area contributed by atoms with E-state index in [-0.39, 0.29) is 5.56 Å². The van der Waals surface area contributed by atoms with Gasteiger partial charge in [-0.3, -0.25) is 0 Å². The highest BCUT2D eigenvalue weighted by molar-refractivity contribution is 7.99. The van der Waals surface area contributed by atoms with E-state index in [4.69, 9.17) is 14.6 Å². The summed E-state index contributed by atoms with van der Waals surface area (Å²) >= 11 is 1.61. The van der Waals surface area contributed by atoms with Gasteiger partial charge in [0.25, 0.3) is 0 Å². The van der Waals surface area contributed by atoms with Gasteiger partial charge in [-0.05, 0) is 24.3 Å². The van der Waals surface area contributed by atoms with Gasteiger partial charge in [0, 0.05) is 10.6 Å². The van der Waals surface area contributed by atoms with E-state index in [1.165, 1.54) is 6.07 Å². The number of hydrogen-bond donors (Lipinski definition) is 1. The van der Waals surface area contributed by atoms with E-state index < -0.39 is 5.97 Å². The molecule has 0 heterocycles. The van der Waals surface area contributed by atoms with Gasteiger partial charge in [-0.15, -0.1) is 11.8 Å². The van der Waals surface area contributed by atoms with Crippen LogP contribution in [0, 0.1) is 0 Å². The Labute approximate surface area is 127 Å². The lowest BCUT2D eigenvalue weighted by Gasteiger charge is -2.10. The Bertz CT molecular complexity index is 613. The first-order chi connectivity index (χ1) is 10.2. The normalized spacial score (nSPS) is 10.1. The molecule has 0 fully saturated rings. The van der Waals surface area contributed by atoms with Gasteiger partial charge in [-0.25, -0.2) is 4.79 Å². The van der Waals surface area contributed by atoms with Gasteiger partial charge in [0.05, 0.1) is 13.7 Å². The highest BCUT2D eigenvalue weighted by Gasteiger charge is 2.10. The zero-order chi connectivity index (χ0) is 15.1. The van der Waals surface area contributed by atoms with Crippen molar-refractivity contribution in [3.63, 3.8) is 0 Å². The molecule has 0 aliphatic rings. The van der Waals surface area contributed by atoms with E-state index in [1.54, 1.807) is 37.1 Å². The highest BCUT2D eigenvalue weighted by atomic mass is 32.2. The summed E-state index contributed by atoms with van der Waals surface area (Å²) in [6.07, 6.45) is 0. The first-order valence-corrected chi connectivity index (χ1v) is 7.42. The number of methoxy groups -OCH3 is 1. The van der Waals surface area contributed by atoms with Crippen molar-refractivity contribution in [1.82, 2.24) is 0 Å². The number of rotatable bonds is 7. The number of benzene rings is 2. The molecule has 0 bridgehead atoms. The van der Waals surface area contributed by atoms with Crippen molar-refractivity contribution < 1.29 is 19.4 Å². The number of hydrogen-bond acceptors (Lipinski definition) is 4. The van der Waals surface area contributed by atoms with Crippen molar-refractivity contribution in [1.29, 1.82) is 0 Å². The maximum absolute atomic E-state index is 11.1. The van der Waals surface area contributed by atoms with Crippen molar-refractivity contribution in [3.8, 4) is 11.5 Å². The first kappa shape index (κ1) is 15.3. The predicted octanol–water partition coefficient (Wildman–Crippen LogP) is 3.56. The fourth-order valence-corrected chi connectivity index (χ4v) is 2.67.